The molecule has 2 aromatic carbocycles. The van der Waals surface area contributed by atoms with Crippen molar-refractivity contribution >= 4 is 10.9 Å². The van der Waals surface area contributed by atoms with Crippen LogP contribution in [0.25, 0.3) is 10.9 Å². The van der Waals surface area contributed by atoms with E-state index in [1.165, 1.54) is 11.6 Å². The number of aromatic nitrogens is 1. The van der Waals surface area contributed by atoms with Gasteiger partial charge in [0.05, 0.1) is 5.52 Å². The highest BCUT2D eigenvalue weighted by Gasteiger charge is 2.12. The Balaban J connectivity index is 1.96. The lowest BCUT2D eigenvalue weighted by Crippen LogP contribution is -2.19. The van der Waals surface area contributed by atoms with Crippen LogP contribution in [-0.2, 0) is 6.42 Å². The molecule has 3 rings (SSSR count). The number of hydrogen-bond acceptors (Lipinski definition) is 2. The van der Waals surface area contributed by atoms with Crippen LogP contribution in [-0.4, -0.2) is 12.0 Å². The van der Waals surface area contributed by atoms with Crippen LogP contribution in [0.1, 0.15) is 17.2 Å². The second-order valence-electron chi connectivity index (χ2n) is 5.09. The molecule has 0 radical (unpaired) electrons. The van der Waals surface area contributed by atoms with Gasteiger partial charge >= 0.3 is 0 Å². The summed E-state index contributed by atoms with van der Waals surface area (Å²) in [5.41, 5.74) is 3.16. The second-order valence-corrected chi connectivity index (χ2v) is 5.09. The molecule has 0 amide bonds. The first kappa shape index (κ1) is 13.7. The van der Waals surface area contributed by atoms with Crippen molar-refractivity contribution in [3.05, 3.63) is 77.7 Å². The van der Waals surface area contributed by atoms with Gasteiger partial charge in [-0.25, -0.2) is 4.39 Å². The van der Waals surface area contributed by atoms with E-state index in [4.69, 9.17) is 0 Å². The molecule has 1 atom stereocenters. The van der Waals surface area contributed by atoms with Gasteiger partial charge in [0.2, 0.25) is 0 Å². The Morgan fingerprint density at radius 3 is 2.76 bits per heavy atom. The van der Waals surface area contributed by atoms with Crippen LogP contribution in [0.15, 0.2) is 60.8 Å². The Kier molecular flexibility index (Phi) is 3.93. The highest BCUT2D eigenvalue weighted by atomic mass is 19.1. The van der Waals surface area contributed by atoms with Gasteiger partial charge in [-0.3, -0.25) is 4.98 Å². The van der Waals surface area contributed by atoms with Gasteiger partial charge in [0.25, 0.3) is 0 Å². The zero-order valence-electron chi connectivity index (χ0n) is 11.9. The molecule has 3 aromatic rings. The van der Waals surface area contributed by atoms with E-state index in [0.717, 1.165) is 22.9 Å². The molecule has 0 saturated heterocycles. The lowest BCUT2D eigenvalue weighted by atomic mass is 9.97. The molecular formula is C18H17FN2. The van der Waals surface area contributed by atoms with Crippen molar-refractivity contribution in [3.63, 3.8) is 0 Å². The number of halogens is 1. The SMILES string of the molecule is CNC(Cc1ccnc2ccccc12)c1cccc(F)c1. The van der Waals surface area contributed by atoms with Crippen molar-refractivity contribution in [3.8, 4) is 0 Å². The lowest BCUT2D eigenvalue weighted by Gasteiger charge is -2.18. The van der Waals surface area contributed by atoms with E-state index < -0.39 is 0 Å². The zero-order chi connectivity index (χ0) is 14.7. The average molecular weight is 280 g/mol. The van der Waals surface area contributed by atoms with Gasteiger partial charge in [0, 0.05) is 17.6 Å². The van der Waals surface area contributed by atoms with E-state index in [9.17, 15) is 4.39 Å². The fourth-order valence-electron chi connectivity index (χ4n) is 2.66. The van der Waals surface area contributed by atoms with Crippen molar-refractivity contribution in [2.75, 3.05) is 7.05 Å². The predicted molar refractivity (Wildman–Crippen MR) is 83.6 cm³/mol. The molecule has 1 heterocycles. The minimum Gasteiger partial charge on any atom is -0.313 e. The molecule has 1 N–H and O–H groups in total. The van der Waals surface area contributed by atoms with Gasteiger partial charge in [-0.2, -0.15) is 0 Å². The van der Waals surface area contributed by atoms with Gasteiger partial charge in [0.1, 0.15) is 5.82 Å². The smallest absolute Gasteiger partial charge is 0.123 e. The first-order valence-corrected chi connectivity index (χ1v) is 7.03. The molecule has 0 saturated carbocycles. The van der Waals surface area contributed by atoms with E-state index in [-0.39, 0.29) is 11.9 Å². The number of pyridine rings is 1. The summed E-state index contributed by atoms with van der Waals surface area (Å²) >= 11 is 0. The van der Waals surface area contributed by atoms with Gasteiger partial charge in [-0.15, -0.1) is 0 Å². The third-order valence-corrected chi connectivity index (χ3v) is 3.76. The average Bonchev–Trinajstić information content (AvgIpc) is 2.52. The topological polar surface area (TPSA) is 24.9 Å². The van der Waals surface area contributed by atoms with Gasteiger partial charge in [0.15, 0.2) is 0 Å². The Morgan fingerprint density at radius 1 is 1.10 bits per heavy atom. The highest BCUT2D eigenvalue weighted by Crippen LogP contribution is 2.23. The zero-order valence-corrected chi connectivity index (χ0v) is 11.9. The number of likely N-dealkylation sites (N-methyl/N-ethyl adjacent to an activating group) is 1. The molecule has 0 fully saturated rings. The molecule has 2 nitrogen and oxygen atoms in total. The molecule has 0 bridgehead atoms. The number of para-hydroxylation sites is 1. The molecule has 0 aliphatic rings. The number of nitrogens with one attached hydrogen (secondary N) is 1. The predicted octanol–water partition coefficient (Wildman–Crippen LogP) is 3.88. The van der Waals surface area contributed by atoms with Crippen molar-refractivity contribution in [2.24, 2.45) is 0 Å². The van der Waals surface area contributed by atoms with E-state index >= 15 is 0 Å². The van der Waals surface area contributed by atoms with Gasteiger partial charge in [-0.1, -0.05) is 30.3 Å². The maximum absolute atomic E-state index is 13.4. The normalized spacial score (nSPS) is 12.5. The van der Waals surface area contributed by atoms with Crippen LogP contribution in [0, 0.1) is 5.82 Å². The number of rotatable bonds is 4. The van der Waals surface area contributed by atoms with Gasteiger partial charge < -0.3 is 5.32 Å². The van der Waals surface area contributed by atoms with Crippen molar-refractivity contribution in [1.82, 2.24) is 10.3 Å². The number of nitrogens with zero attached hydrogens (tertiary/aromatic N) is 1. The van der Waals surface area contributed by atoms with Crippen LogP contribution in [0.5, 0.6) is 0 Å². The summed E-state index contributed by atoms with van der Waals surface area (Å²) in [7, 11) is 1.90. The highest BCUT2D eigenvalue weighted by molar-refractivity contribution is 5.81. The monoisotopic (exact) mass is 280 g/mol. The summed E-state index contributed by atoms with van der Waals surface area (Å²) < 4.78 is 13.4. The van der Waals surface area contributed by atoms with E-state index in [2.05, 4.69) is 16.4 Å². The molecule has 1 unspecified atom stereocenters. The van der Waals surface area contributed by atoms with Crippen LogP contribution in [0.2, 0.25) is 0 Å². The summed E-state index contributed by atoms with van der Waals surface area (Å²) in [5, 5.41) is 4.42. The third kappa shape index (κ3) is 2.93. The number of benzene rings is 2. The summed E-state index contributed by atoms with van der Waals surface area (Å²) in [6, 6.07) is 17.0. The Labute approximate surface area is 123 Å². The summed E-state index contributed by atoms with van der Waals surface area (Å²) in [4.78, 5) is 4.38. The molecule has 21 heavy (non-hydrogen) atoms. The first-order chi connectivity index (χ1) is 10.3. The Morgan fingerprint density at radius 2 is 1.95 bits per heavy atom. The summed E-state index contributed by atoms with van der Waals surface area (Å²) in [5.74, 6) is -0.202. The van der Waals surface area contributed by atoms with E-state index in [1.54, 1.807) is 12.1 Å². The van der Waals surface area contributed by atoms with E-state index in [0.29, 0.717) is 0 Å². The molecule has 3 heteroatoms. The third-order valence-electron chi connectivity index (χ3n) is 3.76. The number of fused-ring (bicyclic) bond motifs is 1. The van der Waals surface area contributed by atoms with E-state index in [1.807, 2.05) is 43.6 Å². The molecule has 0 spiro atoms. The van der Waals surface area contributed by atoms with Crippen LogP contribution in [0.4, 0.5) is 4.39 Å². The lowest BCUT2D eigenvalue weighted by molar-refractivity contribution is 0.578. The minimum atomic E-state index is -0.202. The second kappa shape index (κ2) is 6.02. The van der Waals surface area contributed by atoms with Crippen LogP contribution >= 0.6 is 0 Å². The minimum absolute atomic E-state index is 0.0755. The summed E-state index contributed by atoms with van der Waals surface area (Å²) in [6.07, 6.45) is 2.62. The number of hydrogen-bond donors (Lipinski definition) is 1. The standard InChI is InChI=1S/C18H17FN2/c1-20-18(14-5-4-6-15(19)11-14)12-13-9-10-21-17-8-3-2-7-16(13)17/h2-11,18,20H,12H2,1H3. The van der Waals surface area contributed by atoms with Crippen LogP contribution in [0.3, 0.4) is 0 Å². The van der Waals surface area contributed by atoms with Crippen LogP contribution < -0.4 is 5.32 Å². The van der Waals surface area contributed by atoms with Crippen molar-refractivity contribution < 1.29 is 4.39 Å². The fraction of sp³-hybridized carbons (Fsp3) is 0.167. The van der Waals surface area contributed by atoms with Crippen molar-refractivity contribution in [1.29, 1.82) is 0 Å². The fourth-order valence-corrected chi connectivity index (χ4v) is 2.66. The quantitative estimate of drug-likeness (QED) is 0.784. The Bertz CT molecular complexity index is 750. The Hall–Kier alpha value is -2.26. The molecule has 106 valence electrons. The summed E-state index contributed by atoms with van der Waals surface area (Å²) in [6.45, 7) is 0. The molecule has 0 aliphatic carbocycles. The molecule has 0 aliphatic heterocycles. The first-order valence-electron chi connectivity index (χ1n) is 7.03. The largest absolute Gasteiger partial charge is 0.313 e. The van der Waals surface area contributed by atoms with Crippen molar-refractivity contribution in [2.45, 2.75) is 12.5 Å². The molecular weight excluding hydrogens is 263 g/mol. The maximum Gasteiger partial charge on any atom is 0.123 e. The molecule has 1 aromatic heterocycles. The maximum atomic E-state index is 13.4. The van der Waals surface area contributed by atoms with Gasteiger partial charge in [-0.05, 0) is 48.9 Å².